The summed E-state index contributed by atoms with van der Waals surface area (Å²) < 4.78 is 13.1. The molecule has 1 fully saturated rings. The molecular weight excluding hydrogens is 466 g/mol. The lowest BCUT2D eigenvalue weighted by molar-refractivity contribution is 0.170. The lowest BCUT2D eigenvalue weighted by Crippen LogP contribution is -2.43. The maximum Gasteiger partial charge on any atom is 0.251 e. The third kappa shape index (κ3) is 4.47. The van der Waals surface area contributed by atoms with Crippen LogP contribution in [0.2, 0.25) is 0 Å². The molecule has 3 aliphatic rings. The van der Waals surface area contributed by atoms with E-state index >= 15 is 0 Å². The molecule has 8 nitrogen and oxygen atoms in total. The zero-order chi connectivity index (χ0) is 23.1. The van der Waals surface area contributed by atoms with Crippen molar-refractivity contribution >= 4 is 23.3 Å². The number of pyridine rings is 2. The Morgan fingerprint density at radius 2 is 1.89 bits per heavy atom. The van der Waals surface area contributed by atoms with E-state index in [0.29, 0.717) is 37.9 Å². The van der Waals surface area contributed by atoms with Gasteiger partial charge in [0.05, 0.1) is 29.0 Å². The highest BCUT2D eigenvalue weighted by molar-refractivity contribution is 5.86. The summed E-state index contributed by atoms with van der Waals surface area (Å²) in [6.07, 6.45) is 3.86. The summed E-state index contributed by atoms with van der Waals surface area (Å²) in [4.78, 5) is 19.4. The number of nitrogens with zero attached hydrogens (tertiary/aromatic N) is 4. The van der Waals surface area contributed by atoms with Crippen LogP contribution < -0.4 is 20.3 Å². The molecule has 6 rings (SSSR count). The molecule has 0 bridgehead atoms. The average molecular weight is 494 g/mol. The third-order valence-electron chi connectivity index (χ3n) is 7.25. The summed E-state index contributed by atoms with van der Waals surface area (Å²) >= 11 is 0. The summed E-state index contributed by atoms with van der Waals surface area (Å²) in [5, 5.41) is 14.4. The number of hydrogen-bond acceptors (Lipinski definition) is 7. The number of benzene rings is 1. The molecular formula is C26H28ClN5O3. The van der Waals surface area contributed by atoms with Crippen molar-refractivity contribution < 1.29 is 9.47 Å². The Morgan fingerprint density at radius 3 is 2.69 bits per heavy atom. The van der Waals surface area contributed by atoms with Crippen LogP contribution in [-0.4, -0.2) is 53.3 Å². The van der Waals surface area contributed by atoms with Crippen molar-refractivity contribution in [2.24, 2.45) is 0 Å². The van der Waals surface area contributed by atoms with Crippen molar-refractivity contribution in [1.29, 1.82) is 5.26 Å². The number of aromatic nitrogens is 2. The van der Waals surface area contributed by atoms with E-state index in [1.807, 2.05) is 28.8 Å². The van der Waals surface area contributed by atoms with Gasteiger partial charge in [-0.15, -0.1) is 12.4 Å². The minimum absolute atomic E-state index is 0. The van der Waals surface area contributed by atoms with Crippen LogP contribution in [0.25, 0.3) is 10.9 Å². The van der Waals surface area contributed by atoms with Gasteiger partial charge in [-0.3, -0.25) is 9.78 Å². The Hall–Kier alpha value is -3.12. The van der Waals surface area contributed by atoms with Gasteiger partial charge < -0.3 is 24.3 Å². The number of ether oxygens (including phenoxy) is 2. The summed E-state index contributed by atoms with van der Waals surface area (Å²) in [5.41, 5.74) is 3.65. The van der Waals surface area contributed by atoms with Crippen molar-refractivity contribution in [2.45, 2.75) is 37.9 Å². The second kappa shape index (κ2) is 9.86. The van der Waals surface area contributed by atoms with Crippen LogP contribution in [0.4, 0.5) is 0 Å². The maximum atomic E-state index is 12.5. The summed E-state index contributed by atoms with van der Waals surface area (Å²) in [7, 11) is 0. The number of piperidine rings is 1. The zero-order valence-electron chi connectivity index (χ0n) is 19.4. The Morgan fingerprint density at radius 1 is 1.11 bits per heavy atom. The fraction of sp³-hybridized carbons (Fsp3) is 0.423. The molecule has 2 aromatic heterocycles. The van der Waals surface area contributed by atoms with Gasteiger partial charge >= 0.3 is 0 Å². The molecule has 9 heteroatoms. The van der Waals surface area contributed by atoms with E-state index in [1.165, 1.54) is 0 Å². The molecule has 1 aromatic carbocycles. The van der Waals surface area contributed by atoms with Gasteiger partial charge in [0.2, 0.25) is 0 Å². The topological polar surface area (TPSA) is 92.4 Å². The van der Waals surface area contributed by atoms with E-state index in [9.17, 15) is 10.1 Å². The van der Waals surface area contributed by atoms with Crippen LogP contribution in [0.1, 0.15) is 35.6 Å². The number of likely N-dealkylation sites (tertiary alicyclic amines) is 1. The number of halogens is 1. The molecule has 5 heterocycles. The smallest absolute Gasteiger partial charge is 0.251 e. The van der Waals surface area contributed by atoms with E-state index in [1.54, 1.807) is 12.3 Å². The Kier molecular flexibility index (Phi) is 6.65. The van der Waals surface area contributed by atoms with Gasteiger partial charge in [-0.1, -0.05) is 6.07 Å². The van der Waals surface area contributed by atoms with Crippen LogP contribution in [0.3, 0.4) is 0 Å². The molecule has 1 unspecified atom stereocenters. The Bertz CT molecular complexity index is 1340. The first-order valence-electron chi connectivity index (χ1n) is 12.0. The van der Waals surface area contributed by atoms with Gasteiger partial charge in [-0.05, 0) is 43.5 Å². The zero-order valence-corrected chi connectivity index (χ0v) is 20.2. The largest absolute Gasteiger partial charge is 0.486 e. The second-order valence-electron chi connectivity index (χ2n) is 9.33. The highest BCUT2D eigenvalue weighted by Crippen LogP contribution is 2.36. The van der Waals surface area contributed by atoms with Crippen LogP contribution in [-0.2, 0) is 13.1 Å². The van der Waals surface area contributed by atoms with Crippen LogP contribution in [0, 0.1) is 11.3 Å². The minimum atomic E-state index is 0. The van der Waals surface area contributed by atoms with Gasteiger partial charge in [-0.2, -0.15) is 5.26 Å². The van der Waals surface area contributed by atoms with Crippen LogP contribution in [0.5, 0.6) is 11.5 Å². The van der Waals surface area contributed by atoms with Crippen molar-refractivity contribution in [3.05, 3.63) is 63.7 Å². The lowest BCUT2D eigenvalue weighted by Gasteiger charge is -2.34. The molecule has 35 heavy (non-hydrogen) atoms. The van der Waals surface area contributed by atoms with E-state index in [0.717, 1.165) is 66.1 Å². The predicted molar refractivity (Wildman–Crippen MR) is 134 cm³/mol. The quantitative estimate of drug-likeness (QED) is 0.584. The molecule has 182 valence electrons. The monoisotopic (exact) mass is 493 g/mol. The molecule has 0 aliphatic carbocycles. The SMILES string of the molecule is Cl.N#Cc1ccc2ccc(=O)n3c2c1C(CN1CCC(NCc2cc4c(cn2)OCCO4)CC1)C3. The van der Waals surface area contributed by atoms with Gasteiger partial charge in [-0.25, -0.2) is 0 Å². The van der Waals surface area contributed by atoms with Crippen molar-refractivity contribution in [3.8, 4) is 17.6 Å². The summed E-state index contributed by atoms with van der Waals surface area (Å²) in [6, 6.07) is 12.1. The van der Waals surface area contributed by atoms with Crippen LogP contribution in [0.15, 0.2) is 41.3 Å². The molecule has 0 radical (unpaired) electrons. The highest BCUT2D eigenvalue weighted by Gasteiger charge is 2.31. The molecule has 3 aliphatic heterocycles. The van der Waals surface area contributed by atoms with E-state index < -0.39 is 0 Å². The Labute approximate surface area is 209 Å². The molecule has 0 saturated carbocycles. The van der Waals surface area contributed by atoms with E-state index in [-0.39, 0.29) is 23.9 Å². The fourth-order valence-corrected chi connectivity index (χ4v) is 5.54. The van der Waals surface area contributed by atoms with Gasteiger partial charge in [0, 0.05) is 49.3 Å². The first-order valence-corrected chi connectivity index (χ1v) is 12.0. The lowest BCUT2D eigenvalue weighted by atomic mass is 9.93. The summed E-state index contributed by atoms with van der Waals surface area (Å²) in [5.74, 6) is 1.66. The third-order valence-corrected chi connectivity index (χ3v) is 7.25. The fourth-order valence-electron chi connectivity index (χ4n) is 5.54. The van der Waals surface area contributed by atoms with Gasteiger partial charge in [0.1, 0.15) is 13.2 Å². The molecule has 0 spiro atoms. The molecule has 1 N–H and O–H groups in total. The molecule has 0 amide bonds. The van der Waals surface area contributed by atoms with Crippen molar-refractivity contribution in [2.75, 3.05) is 32.8 Å². The first-order chi connectivity index (χ1) is 16.7. The normalized spacial score (nSPS) is 19.3. The van der Waals surface area contributed by atoms with Crippen molar-refractivity contribution in [3.63, 3.8) is 0 Å². The first kappa shape index (κ1) is 23.6. The molecule has 1 saturated heterocycles. The average Bonchev–Trinajstić information content (AvgIpc) is 3.26. The molecule has 1 atom stereocenters. The number of fused-ring (bicyclic) bond motifs is 1. The standard InChI is InChI=1S/C26H27N5O3.ClH/c27-12-18-2-1-17-3-4-24(32)31-16-19(25(18)26(17)31)15-30-7-5-20(6-8-30)28-13-21-11-22-23(14-29-21)34-10-9-33-22;/h1-4,11,14,19-20,28H,5-10,13,15-16H2;1H. The minimum Gasteiger partial charge on any atom is -0.486 e. The van der Waals surface area contributed by atoms with E-state index in [2.05, 4.69) is 21.3 Å². The predicted octanol–water partition coefficient (Wildman–Crippen LogP) is 2.81. The number of rotatable bonds is 5. The van der Waals surface area contributed by atoms with Gasteiger partial charge in [0.25, 0.3) is 5.56 Å². The second-order valence-corrected chi connectivity index (χ2v) is 9.33. The summed E-state index contributed by atoms with van der Waals surface area (Å²) in [6.45, 7) is 5.35. The Balaban J connectivity index is 0.00000253. The van der Waals surface area contributed by atoms with Crippen LogP contribution >= 0.6 is 12.4 Å². The molecule has 3 aromatic rings. The van der Waals surface area contributed by atoms with E-state index in [4.69, 9.17) is 9.47 Å². The number of nitrogens with one attached hydrogen (secondary N) is 1. The van der Waals surface area contributed by atoms with Gasteiger partial charge in [0.15, 0.2) is 11.5 Å². The highest BCUT2D eigenvalue weighted by atomic mass is 35.5. The maximum absolute atomic E-state index is 12.5. The number of nitriles is 1. The van der Waals surface area contributed by atoms with Crippen molar-refractivity contribution in [1.82, 2.24) is 19.8 Å². The number of hydrogen-bond donors (Lipinski definition) is 1.